The molecule has 2 aromatic rings. The Morgan fingerprint density at radius 2 is 1.86 bits per heavy atom. The maximum atomic E-state index is 12.6. The molecule has 29 heavy (non-hydrogen) atoms. The van der Waals surface area contributed by atoms with Gasteiger partial charge in [0.25, 0.3) is 0 Å². The van der Waals surface area contributed by atoms with Gasteiger partial charge in [-0.15, -0.1) is 0 Å². The normalized spacial score (nSPS) is 15.0. The largest absolute Gasteiger partial charge is 0.355 e. The number of aromatic nitrogens is 1. The average Bonchev–Trinajstić information content (AvgIpc) is 2.94. The van der Waals surface area contributed by atoms with Gasteiger partial charge < -0.3 is 10.2 Å². The van der Waals surface area contributed by atoms with Crippen LogP contribution in [0.25, 0.3) is 0 Å². The van der Waals surface area contributed by atoms with E-state index in [4.69, 9.17) is 0 Å². The van der Waals surface area contributed by atoms with Gasteiger partial charge in [-0.05, 0) is 46.0 Å². The highest BCUT2D eigenvalue weighted by Crippen LogP contribution is 2.12. The number of amides is 2. The highest BCUT2D eigenvalue weighted by atomic mass is 79.9. The van der Waals surface area contributed by atoms with Crippen LogP contribution in [0.4, 0.5) is 0 Å². The van der Waals surface area contributed by atoms with Crippen LogP contribution in [0.2, 0.25) is 0 Å². The molecular weight excluding hydrogens is 432 g/mol. The second-order valence-corrected chi connectivity index (χ2v) is 8.20. The van der Waals surface area contributed by atoms with E-state index < -0.39 is 0 Å². The molecule has 0 radical (unpaired) electrons. The summed E-state index contributed by atoms with van der Waals surface area (Å²) in [6.07, 6.45) is 5.50. The predicted octanol–water partition coefficient (Wildman–Crippen LogP) is 2.28. The van der Waals surface area contributed by atoms with Crippen LogP contribution in [0.5, 0.6) is 0 Å². The number of carbonyl (C=O) groups is 2. The molecule has 0 aliphatic carbocycles. The molecule has 0 spiro atoms. The fraction of sp³-hybridized carbons (Fsp3) is 0.409. The number of nitrogens with one attached hydrogen (secondary N) is 1. The molecule has 0 atom stereocenters. The van der Waals surface area contributed by atoms with Crippen molar-refractivity contribution in [3.05, 3.63) is 64.4 Å². The Bertz CT molecular complexity index is 815. The quantitative estimate of drug-likeness (QED) is 0.690. The average molecular weight is 459 g/mol. The van der Waals surface area contributed by atoms with Crippen molar-refractivity contribution in [1.82, 2.24) is 20.1 Å². The van der Waals surface area contributed by atoms with Crippen LogP contribution in [0, 0.1) is 0 Å². The third kappa shape index (κ3) is 7.25. The third-order valence-electron chi connectivity index (χ3n) is 5.00. The lowest BCUT2D eigenvalue weighted by atomic mass is 10.1. The van der Waals surface area contributed by atoms with E-state index >= 15 is 0 Å². The van der Waals surface area contributed by atoms with Crippen molar-refractivity contribution in [2.45, 2.75) is 19.3 Å². The van der Waals surface area contributed by atoms with Gasteiger partial charge in [0.05, 0.1) is 13.0 Å². The maximum Gasteiger partial charge on any atom is 0.234 e. The fourth-order valence-electron chi connectivity index (χ4n) is 3.47. The predicted molar refractivity (Wildman–Crippen MR) is 116 cm³/mol. The summed E-state index contributed by atoms with van der Waals surface area (Å²) in [6.45, 7) is 3.95. The van der Waals surface area contributed by atoms with Crippen molar-refractivity contribution in [2.24, 2.45) is 0 Å². The first-order valence-corrected chi connectivity index (χ1v) is 10.8. The minimum absolute atomic E-state index is 0.0425. The summed E-state index contributed by atoms with van der Waals surface area (Å²) in [5, 5.41) is 3.00. The summed E-state index contributed by atoms with van der Waals surface area (Å²) >= 11 is 3.39. The Hall–Kier alpha value is -2.25. The molecule has 1 fully saturated rings. The molecule has 1 aromatic carbocycles. The molecule has 1 aliphatic rings. The molecule has 0 unspecified atom stereocenters. The molecule has 1 N–H and O–H groups in total. The number of carbonyl (C=O) groups excluding carboxylic acids is 2. The van der Waals surface area contributed by atoms with Gasteiger partial charge in [-0.3, -0.25) is 19.5 Å². The number of hydrogen-bond donors (Lipinski definition) is 1. The van der Waals surface area contributed by atoms with Crippen LogP contribution < -0.4 is 5.32 Å². The Morgan fingerprint density at radius 3 is 2.66 bits per heavy atom. The fourth-order valence-corrected chi connectivity index (χ4v) is 3.88. The van der Waals surface area contributed by atoms with E-state index in [2.05, 4.69) is 43.3 Å². The standard InChI is InChI=1S/C22H27BrN4O2/c23-20-13-19(15-24-16-20)14-22(29)27-10-4-9-26(11-12-27)17-21(28)25-8-7-18-5-2-1-3-6-18/h1-3,5-6,13,15-16H,4,7-12,14,17H2,(H,25,28). The van der Waals surface area contributed by atoms with E-state index in [0.29, 0.717) is 32.6 Å². The van der Waals surface area contributed by atoms with Crippen molar-refractivity contribution in [1.29, 1.82) is 0 Å². The summed E-state index contributed by atoms with van der Waals surface area (Å²) < 4.78 is 0.878. The first kappa shape index (κ1) is 21.5. The molecule has 3 rings (SSSR count). The Morgan fingerprint density at radius 1 is 1.03 bits per heavy atom. The van der Waals surface area contributed by atoms with Crippen LogP contribution in [-0.4, -0.2) is 65.9 Å². The van der Waals surface area contributed by atoms with Crippen molar-refractivity contribution in [3.8, 4) is 0 Å². The van der Waals surface area contributed by atoms with Crippen LogP contribution in [0.1, 0.15) is 17.5 Å². The number of benzene rings is 1. The van der Waals surface area contributed by atoms with Gasteiger partial charge in [-0.25, -0.2) is 0 Å². The second kappa shape index (κ2) is 11.1. The zero-order chi connectivity index (χ0) is 20.5. The molecule has 1 aliphatic heterocycles. The van der Waals surface area contributed by atoms with Gasteiger partial charge in [0.1, 0.15) is 0 Å². The zero-order valence-corrected chi connectivity index (χ0v) is 18.1. The molecule has 6 nitrogen and oxygen atoms in total. The first-order chi connectivity index (χ1) is 14.1. The number of halogens is 1. The van der Waals surface area contributed by atoms with Gasteiger partial charge in [0.15, 0.2) is 0 Å². The lowest BCUT2D eigenvalue weighted by Crippen LogP contribution is -2.40. The number of hydrogen-bond acceptors (Lipinski definition) is 4. The van der Waals surface area contributed by atoms with Crippen LogP contribution in [0.3, 0.4) is 0 Å². The molecule has 0 saturated carbocycles. The molecule has 1 aromatic heterocycles. The number of rotatable bonds is 7. The van der Waals surface area contributed by atoms with Gasteiger partial charge in [0.2, 0.25) is 11.8 Å². The molecule has 0 bridgehead atoms. The molecular formula is C22H27BrN4O2. The van der Waals surface area contributed by atoms with E-state index in [1.165, 1.54) is 5.56 Å². The maximum absolute atomic E-state index is 12.6. The lowest BCUT2D eigenvalue weighted by molar-refractivity contribution is -0.130. The van der Waals surface area contributed by atoms with E-state index in [9.17, 15) is 9.59 Å². The Kier molecular flexibility index (Phi) is 8.19. The lowest BCUT2D eigenvalue weighted by Gasteiger charge is -2.22. The molecule has 154 valence electrons. The molecule has 2 amide bonds. The molecule has 1 saturated heterocycles. The molecule has 7 heteroatoms. The Balaban J connectivity index is 1.39. The minimum atomic E-state index is 0.0425. The second-order valence-electron chi connectivity index (χ2n) is 7.28. The number of pyridine rings is 1. The first-order valence-electron chi connectivity index (χ1n) is 10.0. The zero-order valence-electron chi connectivity index (χ0n) is 16.5. The molecule has 2 heterocycles. The monoisotopic (exact) mass is 458 g/mol. The smallest absolute Gasteiger partial charge is 0.234 e. The van der Waals surface area contributed by atoms with E-state index in [-0.39, 0.29) is 11.8 Å². The SMILES string of the molecule is O=C(CN1CCCN(C(=O)Cc2cncc(Br)c2)CC1)NCCc1ccccc1. The van der Waals surface area contributed by atoms with Crippen molar-refractivity contribution in [3.63, 3.8) is 0 Å². The third-order valence-corrected chi connectivity index (χ3v) is 5.44. The highest BCUT2D eigenvalue weighted by Gasteiger charge is 2.20. The summed E-state index contributed by atoms with van der Waals surface area (Å²) in [5.74, 6) is 0.153. The van der Waals surface area contributed by atoms with E-state index in [1.54, 1.807) is 12.4 Å². The van der Waals surface area contributed by atoms with Gasteiger partial charge >= 0.3 is 0 Å². The highest BCUT2D eigenvalue weighted by molar-refractivity contribution is 9.10. The summed E-state index contributed by atoms with van der Waals surface area (Å²) in [6, 6.07) is 12.1. The summed E-state index contributed by atoms with van der Waals surface area (Å²) in [4.78, 5) is 33.0. The summed E-state index contributed by atoms with van der Waals surface area (Å²) in [7, 11) is 0. The van der Waals surface area contributed by atoms with E-state index in [1.807, 2.05) is 29.2 Å². The van der Waals surface area contributed by atoms with Gasteiger partial charge in [-0.2, -0.15) is 0 Å². The van der Waals surface area contributed by atoms with Gasteiger partial charge in [0, 0.05) is 49.6 Å². The van der Waals surface area contributed by atoms with Crippen molar-refractivity contribution in [2.75, 3.05) is 39.3 Å². The minimum Gasteiger partial charge on any atom is -0.355 e. The van der Waals surface area contributed by atoms with Gasteiger partial charge in [-0.1, -0.05) is 30.3 Å². The van der Waals surface area contributed by atoms with Crippen molar-refractivity contribution < 1.29 is 9.59 Å². The van der Waals surface area contributed by atoms with Crippen LogP contribution >= 0.6 is 15.9 Å². The van der Waals surface area contributed by atoms with E-state index in [0.717, 1.165) is 36.0 Å². The Labute approximate surface area is 180 Å². The topological polar surface area (TPSA) is 65.5 Å². The van der Waals surface area contributed by atoms with Crippen molar-refractivity contribution >= 4 is 27.7 Å². The number of nitrogens with zero attached hydrogens (tertiary/aromatic N) is 3. The summed E-state index contributed by atoms with van der Waals surface area (Å²) in [5.41, 5.74) is 2.13. The van der Waals surface area contributed by atoms with Crippen LogP contribution in [0.15, 0.2) is 53.3 Å². The van der Waals surface area contributed by atoms with Crippen LogP contribution in [-0.2, 0) is 22.4 Å².